The van der Waals surface area contributed by atoms with Gasteiger partial charge in [-0.1, -0.05) is 27.7 Å². The van der Waals surface area contributed by atoms with Gasteiger partial charge in [0.05, 0.1) is 51.9 Å². The van der Waals surface area contributed by atoms with Crippen molar-refractivity contribution in [3.05, 3.63) is 0 Å². The SMILES string of the molecule is CCC[N+](CC)(CC)C(C)C.CCC[N+](CC)(CCC)CCC. The van der Waals surface area contributed by atoms with Crippen LogP contribution in [0.4, 0.5) is 0 Å². The summed E-state index contributed by atoms with van der Waals surface area (Å²) in [5.41, 5.74) is 0. The Balaban J connectivity index is 0. The molecule has 0 aliphatic heterocycles. The van der Waals surface area contributed by atoms with E-state index in [-0.39, 0.29) is 0 Å². The van der Waals surface area contributed by atoms with Crippen LogP contribution in [0, 0.1) is 0 Å². The van der Waals surface area contributed by atoms with Crippen LogP contribution in [0.1, 0.15) is 88.0 Å². The van der Waals surface area contributed by atoms with Crippen LogP contribution in [0.15, 0.2) is 0 Å². The molecule has 0 rings (SSSR count). The zero-order chi connectivity index (χ0) is 18.4. The van der Waals surface area contributed by atoms with Gasteiger partial charge in [0.2, 0.25) is 0 Å². The minimum atomic E-state index is 0.782. The number of nitrogens with zero attached hydrogens (tertiary/aromatic N) is 2. The van der Waals surface area contributed by atoms with E-state index in [2.05, 4.69) is 62.3 Å². The van der Waals surface area contributed by atoms with Crippen molar-refractivity contribution in [3.63, 3.8) is 0 Å². The number of rotatable bonds is 12. The minimum absolute atomic E-state index is 0.782. The first-order chi connectivity index (χ1) is 10.9. The van der Waals surface area contributed by atoms with Gasteiger partial charge in [-0.2, -0.15) is 0 Å². The fourth-order valence-corrected chi connectivity index (χ4v) is 4.21. The molecule has 0 aromatic carbocycles. The van der Waals surface area contributed by atoms with Crippen molar-refractivity contribution in [1.29, 1.82) is 0 Å². The van der Waals surface area contributed by atoms with Gasteiger partial charge in [0.1, 0.15) is 0 Å². The Morgan fingerprint density at radius 2 is 0.870 bits per heavy atom. The van der Waals surface area contributed by atoms with Crippen LogP contribution in [0.25, 0.3) is 0 Å². The standard InChI is InChI=1S/C11H26N.C10H24N/c1-5-9-12(8-4,10-6-2)11-7-3;1-6-9-11(7-2,8-3)10(4)5/h5-11H2,1-4H3;10H,6-9H2,1-5H3/q2*+1. The highest BCUT2D eigenvalue weighted by molar-refractivity contribution is 4.45. The Hall–Kier alpha value is -0.0800. The van der Waals surface area contributed by atoms with Gasteiger partial charge in [0.25, 0.3) is 0 Å². The molecule has 0 unspecified atom stereocenters. The summed E-state index contributed by atoms with van der Waals surface area (Å²) in [5, 5.41) is 0. The summed E-state index contributed by atoms with van der Waals surface area (Å²) < 4.78 is 2.64. The molecule has 0 spiro atoms. The van der Waals surface area contributed by atoms with E-state index in [0.717, 1.165) is 6.04 Å². The molecular weight excluding hydrogens is 280 g/mol. The highest BCUT2D eigenvalue weighted by atomic mass is 15.4. The van der Waals surface area contributed by atoms with Gasteiger partial charge in [-0.15, -0.1) is 0 Å². The Kier molecular flexibility index (Phi) is 15.6. The second-order valence-corrected chi connectivity index (χ2v) is 7.50. The van der Waals surface area contributed by atoms with Gasteiger partial charge >= 0.3 is 0 Å². The number of quaternary nitrogens is 2. The van der Waals surface area contributed by atoms with Crippen molar-refractivity contribution >= 4 is 0 Å². The highest BCUT2D eigenvalue weighted by Gasteiger charge is 2.25. The first-order valence-electron chi connectivity index (χ1n) is 10.6. The van der Waals surface area contributed by atoms with E-state index in [9.17, 15) is 0 Å². The van der Waals surface area contributed by atoms with Crippen LogP contribution in [0.3, 0.4) is 0 Å². The number of hydrogen-bond donors (Lipinski definition) is 0. The van der Waals surface area contributed by atoms with Crippen molar-refractivity contribution in [1.82, 2.24) is 0 Å². The van der Waals surface area contributed by atoms with Gasteiger partial charge in [-0.25, -0.2) is 0 Å². The number of hydrogen-bond acceptors (Lipinski definition) is 0. The van der Waals surface area contributed by atoms with Gasteiger partial charge in [-0.05, 0) is 60.3 Å². The maximum absolute atomic E-state index is 2.34. The van der Waals surface area contributed by atoms with Crippen LogP contribution in [0.5, 0.6) is 0 Å². The molecular formula is C21H50N2+2. The molecule has 2 heteroatoms. The Bertz CT molecular complexity index is 227. The topological polar surface area (TPSA) is 0 Å². The van der Waals surface area contributed by atoms with Gasteiger partial charge in [0, 0.05) is 0 Å². The first kappa shape index (κ1) is 25.2. The summed E-state index contributed by atoms with van der Waals surface area (Å²) >= 11 is 0. The molecule has 0 aromatic rings. The maximum atomic E-state index is 2.34. The maximum Gasteiger partial charge on any atom is 0.0833 e. The Morgan fingerprint density at radius 3 is 1.00 bits per heavy atom. The zero-order valence-corrected chi connectivity index (χ0v) is 18.2. The molecule has 0 aromatic heterocycles. The van der Waals surface area contributed by atoms with Crippen LogP contribution in [0.2, 0.25) is 0 Å². The molecule has 0 atom stereocenters. The van der Waals surface area contributed by atoms with Crippen LogP contribution < -0.4 is 0 Å². The lowest BCUT2D eigenvalue weighted by Crippen LogP contribution is -2.53. The highest BCUT2D eigenvalue weighted by Crippen LogP contribution is 2.13. The third-order valence-corrected chi connectivity index (χ3v) is 5.79. The molecule has 0 radical (unpaired) electrons. The van der Waals surface area contributed by atoms with E-state index in [1.807, 2.05) is 0 Å². The predicted molar refractivity (Wildman–Crippen MR) is 108 cm³/mol. The van der Waals surface area contributed by atoms with E-state index >= 15 is 0 Å². The van der Waals surface area contributed by atoms with Gasteiger partial charge in [-0.3, -0.25) is 0 Å². The molecule has 0 saturated heterocycles. The summed E-state index contributed by atoms with van der Waals surface area (Å²) in [6.45, 7) is 30.1. The van der Waals surface area contributed by atoms with E-state index in [4.69, 9.17) is 0 Å². The van der Waals surface area contributed by atoms with Crippen LogP contribution >= 0.6 is 0 Å². The van der Waals surface area contributed by atoms with Gasteiger partial charge in [0.15, 0.2) is 0 Å². The summed E-state index contributed by atoms with van der Waals surface area (Å²) in [4.78, 5) is 0. The van der Waals surface area contributed by atoms with Crippen molar-refractivity contribution < 1.29 is 8.97 Å². The molecule has 0 N–H and O–H groups in total. The van der Waals surface area contributed by atoms with Crippen molar-refractivity contribution in [3.8, 4) is 0 Å². The third-order valence-electron chi connectivity index (χ3n) is 5.79. The second kappa shape index (κ2) is 14.3. The molecule has 142 valence electrons. The molecule has 0 aliphatic rings. The van der Waals surface area contributed by atoms with Crippen molar-refractivity contribution in [2.24, 2.45) is 0 Å². The smallest absolute Gasteiger partial charge is 0.0833 e. The molecule has 0 saturated carbocycles. The molecule has 0 fully saturated rings. The first-order valence-corrected chi connectivity index (χ1v) is 10.6. The summed E-state index contributed by atoms with van der Waals surface area (Å²) in [7, 11) is 0. The quantitative estimate of drug-likeness (QED) is 0.402. The van der Waals surface area contributed by atoms with Crippen molar-refractivity contribution in [2.45, 2.75) is 94.0 Å². The summed E-state index contributed by atoms with van der Waals surface area (Å²) in [6.07, 6.45) is 5.29. The monoisotopic (exact) mass is 330 g/mol. The fourth-order valence-electron chi connectivity index (χ4n) is 4.21. The van der Waals surface area contributed by atoms with E-state index in [0.29, 0.717) is 0 Å². The van der Waals surface area contributed by atoms with E-state index in [1.165, 1.54) is 80.5 Å². The zero-order valence-electron chi connectivity index (χ0n) is 18.2. The van der Waals surface area contributed by atoms with Crippen LogP contribution in [-0.4, -0.2) is 60.8 Å². The van der Waals surface area contributed by atoms with E-state index in [1.54, 1.807) is 0 Å². The molecule has 0 heterocycles. The van der Waals surface area contributed by atoms with Crippen molar-refractivity contribution in [2.75, 3.05) is 45.8 Å². The molecule has 2 nitrogen and oxygen atoms in total. The molecule has 23 heavy (non-hydrogen) atoms. The lowest BCUT2D eigenvalue weighted by Gasteiger charge is -2.40. The third kappa shape index (κ3) is 9.10. The predicted octanol–water partition coefficient (Wildman–Crippen LogP) is 5.71. The second-order valence-electron chi connectivity index (χ2n) is 7.50. The average molecular weight is 331 g/mol. The lowest BCUT2D eigenvalue weighted by molar-refractivity contribution is -0.944. The van der Waals surface area contributed by atoms with E-state index < -0.39 is 0 Å². The lowest BCUT2D eigenvalue weighted by atomic mass is 10.2. The fraction of sp³-hybridized carbons (Fsp3) is 1.00. The Morgan fingerprint density at radius 1 is 0.522 bits per heavy atom. The molecule has 0 amide bonds. The minimum Gasteiger partial charge on any atom is -0.324 e. The normalized spacial score (nSPS) is 12.3. The van der Waals surface area contributed by atoms with Crippen LogP contribution in [-0.2, 0) is 0 Å². The average Bonchev–Trinajstić information content (AvgIpc) is 2.53. The summed E-state index contributed by atoms with van der Waals surface area (Å²) in [6, 6.07) is 0.782. The Labute approximate surface area is 149 Å². The largest absolute Gasteiger partial charge is 0.324 e. The molecule has 0 bridgehead atoms. The molecule has 0 aliphatic carbocycles. The summed E-state index contributed by atoms with van der Waals surface area (Å²) in [5.74, 6) is 0. The van der Waals surface area contributed by atoms with Gasteiger partial charge < -0.3 is 8.97 Å².